The predicted molar refractivity (Wildman–Crippen MR) is 122 cm³/mol. The van der Waals surface area contributed by atoms with Crippen molar-refractivity contribution in [2.75, 3.05) is 32.8 Å². The number of hydrogen-bond donors (Lipinski definition) is 2. The van der Waals surface area contributed by atoms with Gasteiger partial charge in [-0.15, -0.1) is 11.8 Å². The van der Waals surface area contributed by atoms with E-state index >= 15 is 0 Å². The summed E-state index contributed by atoms with van der Waals surface area (Å²) in [6.45, 7) is 9.00. The number of rotatable bonds is 9. The minimum absolute atomic E-state index is 0.125. The molecule has 0 aromatic carbocycles. The molecule has 3 rings (SSSR count). The van der Waals surface area contributed by atoms with Gasteiger partial charge in [-0.25, -0.2) is 0 Å². The number of hydrogen-bond acceptors (Lipinski definition) is 4. The molecule has 0 aromatic heterocycles. The van der Waals surface area contributed by atoms with E-state index in [1.165, 1.54) is 25.8 Å². The minimum atomic E-state index is -0.486. The Kier molecular flexibility index (Phi) is 9.46. The van der Waals surface area contributed by atoms with Crippen LogP contribution in [-0.2, 0) is 4.74 Å². The molecule has 3 aliphatic rings. The molecule has 0 spiro atoms. The fraction of sp³-hybridized carbons (Fsp3) is 0.769. The molecular formula is C26H41NO3. The molecule has 4 nitrogen and oxygen atoms in total. The highest BCUT2D eigenvalue weighted by Gasteiger charge is 2.44. The molecule has 0 aromatic rings. The van der Waals surface area contributed by atoms with Gasteiger partial charge < -0.3 is 14.9 Å². The summed E-state index contributed by atoms with van der Waals surface area (Å²) >= 11 is 0. The molecule has 1 unspecified atom stereocenters. The van der Waals surface area contributed by atoms with Crippen molar-refractivity contribution < 1.29 is 14.9 Å². The first-order chi connectivity index (χ1) is 14.6. The van der Waals surface area contributed by atoms with E-state index in [0.29, 0.717) is 18.3 Å². The summed E-state index contributed by atoms with van der Waals surface area (Å²) < 4.78 is 5.41. The largest absolute Gasteiger partial charge is 0.392 e. The second kappa shape index (κ2) is 12.1. The first-order valence-electron chi connectivity index (χ1n) is 12.0. The monoisotopic (exact) mass is 415 g/mol. The fourth-order valence-electron chi connectivity index (χ4n) is 5.37. The summed E-state index contributed by atoms with van der Waals surface area (Å²) in [5, 5.41) is 20.9. The first-order valence-corrected chi connectivity index (χ1v) is 12.0. The third kappa shape index (κ3) is 6.69. The van der Waals surface area contributed by atoms with Crippen LogP contribution in [0.4, 0.5) is 0 Å². The highest BCUT2D eigenvalue weighted by molar-refractivity contribution is 5.18. The maximum absolute atomic E-state index is 10.6. The lowest BCUT2D eigenvalue weighted by atomic mass is 9.89. The Morgan fingerprint density at radius 2 is 2.03 bits per heavy atom. The van der Waals surface area contributed by atoms with Gasteiger partial charge in [-0.2, -0.15) is 0 Å². The van der Waals surface area contributed by atoms with Gasteiger partial charge in [0, 0.05) is 25.4 Å². The summed E-state index contributed by atoms with van der Waals surface area (Å²) in [6, 6.07) is 0. The number of aliphatic hydroxyl groups is 2. The van der Waals surface area contributed by atoms with E-state index in [1.807, 2.05) is 19.9 Å². The lowest BCUT2D eigenvalue weighted by molar-refractivity contribution is 0.0372. The Balaban J connectivity index is 1.42. The number of ether oxygens (including phenoxy) is 1. The summed E-state index contributed by atoms with van der Waals surface area (Å²) in [7, 11) is 0. The quantitative estimate of drug-likeness (QED) is 0.342. The molecule has 2 N–H and O–H groups in total. The van der Waals surface area contributed by atoms with Crippen LogP contribution in [0, 0.1) is 35.5 Å². The molecule has 2 saturated carbocycles. The number of allylic oxidation sites excluding steroid dienone is 2. The van der Waals surface area contributed by atoms with Gasteiger partial charge in [-0.1, -0.05) is 30.7 Å². The molecule has 0 amide bonds. The molecule has 4 heteroatoms. The van der Waals surface area contributed by atoms with Crippen molar-refractivity contribution in [3.63, 3.8) is 0 Å². The average molecular weight is 416 g/mol. The van der Waals surface area contributed by atoms with E-state index in [4.69, 9.17) is 4.74 Å². The van der Waals surface area contributed by atoms with Gasteiger partial charge in [0.1, 0.15) is 0 Å². The lowest BCUT2D eigenvalue weighted by Crippen LogP contribution is -2.36. The third-order valence-corrected chi connectivity index (χ3v) is 7.29. The molecule has 1 aliphatic heterocycles. The number of nitrogens with zero attached hydrogens (tertiary/aromatic N) is 1. The van der Waals surface area contributed by atoms with E-state index < -0.39 is 6.10 Å². The number of unbranched alkanes of at least 4 members (excludes halogenated alkanes) is 2. The van der Waals surface area contributed by atoms with Crippen LogP contribution >= 0.6 is 0 Å². The van der Waals surface area contributed by atoms with Gasteiger partial charge in [0.25, 0.3) is 0 Å². The second-order valence-corrected chi connectivity index (χ2v) is 9.51. The Labute approximate surface area is 183 Å². The van der Waals surface area contributed by atoms with Gasteiger partial charge in [0.15, 0.2) is 0 Å². The lowest BCUT2D eigenvalue weighted by Gasteiger charge is -2.26. The van der Waals surface area contributed by atoms with E-state index in [-0.39, 0.29) is 17.9 Å². The summed E-state index contributed by atoms with van der Waals surface area (Å²) in [5.74, 6) is 7.39. The second-order valence-electron chi connectivity index (χ2n) is 9.51. The van der Waals surface area contributed by atoms with Crippen molar-refractivity contribution in [1.29, 1.82) is 0 Å². The van der Waals surface area contributed by atoms with Crippen LogP contribution in [0.1, 0.15) is 58.8 Å². The van der Waals surface area contributed by atoms with Crippen molar-refractivity contribution in [2.24, 2.45) is 23.7 Å². The van der Waals surface area contributed by atoms with Gasteiger partial charge >= 0.3 is 0 Å². The molecule has 0 bridgehead atoms. The number of morpholine rings is 1. The Bertz CT molecular complexity index is 640. The normalized spacial score (nSPS) is 32.9. The summed E-state index contributed by atoms with van der Waals surface area (Å²) in [5.41, 5.74) is 1.59. The van der Waals surface area contributed by atoms with Gasteiger partial charge in [-0.05, 0) is 69.7 Å². The zero-order valence-electron chi connectivity index (χ0n) is 18.9. The molecule has 30 heavy (non-hydrogen) atoms. The minimum Gasteiger partial charge on any atom is -0.392 e. The van der Waals surface area contributed by atoms with Crippen molar-refractivity contribution in [2.45, 2.75) is 71.0 Å². The van der Waals surface area contributed by atoms with E-state index in [1.54, 1.807) is 5.57 Å². The van der Waals surface area contributed by atoms with Gasteiger partial charge in [0.05, 0.1) is 25.4 Å². The molecule has 168 valence electrons. The van der Waals surface area contributed by atoms with Crippen LogP contribution in [0.2, 0.25) is 0 Å². The van der Waals surface area contributed by atoms with Gasteiger partial charge in [-0.3, -0.25) is 4.90 Å². The maximum atomic E-state index is 10.6. The molecule has 2 aliphatic carbocycles. The number of fused-ring (bicyclic) bond motifs is 1. The zero-order chi connectivity index (χ0) is 21.3. The molecule has 1 saturated heterocycles. The van der Waals surface area contributed by atoms with Crippen LogP contribution in [0.3, 0.4) is 0 Å². The maximum Gasteiger partial charge on any atom is 0.0755 e. The average Bonchev–Trinajstić information content (AvgIpc) is 3.27. The van der Waals surface area contributed by atoms with E-state index in [2.05, 4.69) is 28.9 Å². The zero-order valence-corrected chi connectivity index (χ0v) is 18.9. The summed E-state index contributed by atoms with van der Waals surface area (Å²) in [4.78, 5) is 2.51. The molecule has 6 atom stereocenters. The Hall–Kier alpha value is -1.12. The first kappa shape index (κ1) is 23.5. The van der Waals surface area contributed by atoms with Crippen LogP contribution < -0.4 is 0 Å². The Morgan fingerprint density at radius 1 is 1.23 bits per heavy atom. The Morgan fingerprint density at radius 3 is 2.80 bits per heavy atom. The van der Waals surface area contributed by atoms with Crippen LogP contribution in [-0.4, -0.2) is 60.2 Å². The molecule has 0 radical (unpaired) electrons. The molecule has 1 heterocycles. The van der Waals surface area contributed by atoms with Crippen LogP contribution in [0.5, 0.6) is 0 Å². The smallest absolute Gasteiger partial charge is 0.0755 e. The van der Waals surface area contributed by atoms with Gasteiger partial charge in [0.2, 0.25) is 0 Å². The standard InChI is InChI=1S/C26H41NO3/c1-3-4-8-20(2)25(28)11-10-23-24-18-21(17-22(24)19-26(23)29)9-6-5-7-12-27-13-15-30-16-14-27/h9-11,20,22-26,28-29H,5-8,12-19H2,1-2H3/t20?,22-,23+,24-,25+,26+/m0/s1. The van der Waals surface area contributed by atoms with Crippen molar-refractivity contribution >= 4 is 0 Å². The molecule has 3 fully saturated rings. The van der Waals surface area contributed by atoms with E-state index in [9.17, 15) is 10.2 Å². The third-order valence-electron chi connectivity index (χ3n) is 7.29. The fourth-order valence-corrected chi connectivity index (χ4v) is 5.37. The van der Waals surface area contributed by atoms with Crippen LogP contribution in [0.25, 0.3) is 0 Å². The highest BCUT2D eigenvalue weighted by atomic mass is 16.5. The number of aliphatic hydroxyl groups excluding tert-OH is 2. The highest BCUT2D eigenvalue weighted by Crippen LogP contribution is 2.50. The van der Waals surface area contributed by atoms with Crippen molar-refractivity contribution in [3.8, 4) is 11.8 Å². The van der Waals surface area contributed by atoms with Crippen molar-refractivity contribution in [3.05, 3.63) is 23.8 Å². The van der Waals surface area contributed by atoms with E-state index in [0.717, 1.165) is 45.6 Å². The summed E-state index contributed by atoms with van der Waals surface area (Å²) in [6.07, 6.45) is 13.3. The SMILES string of the molecule is CC#CCC(C)[C@H](O)C=C[C@@H]1[C@H]2CC(=CCCCCN3CCOCC3)C[C@H]2C[C@H]1O. The van der Waals surface area contributed by atoms with Crippen LogP contribution in [0.15, 0.2) is 23.8 Å². The molecular weight excluding hydrogens is 374 g/mol. The topological polar surface area (TPSA) is 52.9 Å². The predicted octanol–water partition coefficient (Wildman–Crippen LogP) is 3.79. The van der Waals surface area contributed by atoms with Crippen molar-refractivity contribution in [1.82, 2.24) is 4.90 Å².